The van der Waals surface area contributed by atoms with Gasteiger partial charge in [0.1, 0.15) is 0 Å². The number of nitrogens with zero attached hydrogens (tertiary/aromatic N) is 1. The van der Waals surface area contributed by atoms with Crippen LogP contribution in [0.2, 0.25) is 0 Å². The molecule has 0 bridgehead atoms. The molecule has 0 saturated carbocycles. The van der Waals surface area contributed by atoms with Crippen LogP contribution in [0.5, 0.6) is 0 Å². The van der Waals surface area contributed by atoms with Crippen LogP contribution in [-0.2, 0) is 24.8 Å². The average molecular weight is 500 g/mol. The second-order valence-electron chi connectivity index (χ2n) is 8.00. The summed E-state index contributed by atoms with van der Waals surface area (Å²) in [7, 11) is -7.44. The van der Waals surface area contributed by atoms with E-state index in [9.17, 15) is 21.6 Å². The van der Waals surface area contributed by atoms with Gasteiger partial charge in [0.15, 0.2) is 0 Å². The van der Waals surface area contributed by atoms with Crippen molar-refractivity contribution in [1.29, 1.82) is 0 Å². The molecule has 34 heavy (non-hydrogen) atoms. The first kappa shape index (κ1) is 23.9. The Hall–Kier alpha value is -3.21. The van der Waals surface area contributed by atoms with Crippen LogP contribution in [-0.4, -0.2) is 40.1 Å². The zero-order chi connectivity index (χ0) is 24.2. The highest BCUT2D eigenvalue weighted by Crippen LogP contribution is 2.25. The molecule has 10 heteroatoms. The lowest BCUT2D eigenvalue weighted by molar-refractivity contribution is -0.120. The normalized spacial score (nSPS) is 17.1. The van der Waals surface area contributed by atoms with E-state index in [1.54, 1.807) is 66.7 Å². The Morgan fingerprint density at radius 3 is 2.09 bits per heavy atom. The molecular weight excluding hydrogens is 474 g/mol. The predicted octanol–water partition coefficient (Wildman–Crippen LogP) is 3.53. The van der Waals surface area contributed by atoms with E-state index in [-0.39, 0.29) is 22.2 Å². The molecule has 3 aromatic carbocycles. The Kier molecular flexibility index (Phi) is 7.01. The number of carbonyl (C=O) groups is 1. The van der Waals surface area contributed by atoms with Gasteiger partial charge in [0.25, 0.3) is 10.0 Å². The van der Waals surface area contributed by atoms with Crippen LogP contribution in [0.25, 0.3) is 0 Å². The molecule has 8 nitrogen and oxygen atoms in total. The van der Waals surface area contributed by atoms with Crippen LogP contribution in [0.4, 0.5) is 11.4 Å². The molecule has 1 aliphatic rings. The van der Waals surface area contributed by atoms with Gasteiger partial charge in [0, 0.05) is 18.8 Å². The Balaban J connectivity index is 1.44. The molecule has 1 atom stereocenters. The minimum Gasteiger partial charge on any atom is -0.326 e. The fourth-order valence-corrected chi connectivity index (χ4v) is 6.45. The van der Waals surface area contributed by atoms with Gasteiger partial charge in [-0.3, -0.25) is 9.52 Å². The summed E-state index contributed by atoms with van der Waals surface area (Å²) in [6.07, 6.45) is 1.13. The van der Waals surface area contributed by atoms with Gasteiger partial charge in [-0.15, -0.1) is 0 Å². The minimum absolute atomic E-state index is 0.0867. The SMILES string of the molecule is O=C(Nc1cccc(NS(=O)(=O)c2ccccc2)c1)C1CCCN(S(=O)(=O)c2ccccc2)C1. The van der Waals surface area contributed by atoms with Gasteiger partial charge in [0.2, 0.25) is 15.9 Å². The number of carbonyl (C=O) groups excluding carboxylic acids is 1. The number of benzene rings is 3. The largest absolute Gasteiger partial charge is 0.326 e. The number of hydrogen-bond donors (Lipinski definition) is 2. The number of piperidine rings is 1. The average Bonchev–Trinajstić information content (AvgIpc) is 2.85. The lowest BCUT2D eigenvalue weighted by Gasteiger charge is -2.31. The van der Waals surface area contributed by atoms with E-state index in [4.69, 9.17) is 0 Å². The Morgan fingerprint density at radius 2 is 1.41 bits per heavy atom. The van der Waals surface area contributed by atoms with Crippen molar-refractivity contribution in [1.82, 2.24) is 4.31 Å². The van der Waals surface area contributed by atoms with Gasteiger partial charge in [0.05, 0.1) is 21.4 Å². The van der Waals surface area contributed by atoms with Crippen molar-refractivity contribution in [2.75, 3.05) is 23.1 Å². The van der Waals surface area contributed by atoms with Crippen molar-refractivity contribution in [2.45, 2.75) is 22.6 Å². The van der Waals surface area contributed by atoms with Gasteiger partial charge >= 0.3 is 0 Å². The number of sulfonamides is 2. The molecule has 2 N–H and O–H groups in total. The summed E-state index contributed by atoms with van der Waals surface area (Å²) in [4.78, 5) is 13.3. The van der Waals surface area contributed by atoms with Crippen LogP contribution < -0.4 is 10.0 Å². The maximum absolute atomic E-state index is 12.9. The van der Waals surface area contributed by atoms with E-state index in [1.807, 2.05) is 0 Å². The van der Waals surface area contributed by atoms with Crippen LogP contribution in [0.1, 0.15) is 12.8 Å². The molecular formula is C24H25N3O5S2. The summed E-state index contributed by atoms with van der Waals surface area (Å²) in [5.74, 6) is -0.826. The number of hydrogen-bond acceptors (Lipinski definition) is 5. The van der Waals surface area contributed by atoms with Gasteiger partial charge in [-0.1, -0.05) is 42.5 Å². The van der Waals surface area contributed by atoms with Crippen LogP contribution in [0, 0.1) is 5.92 Å². The molecule has 3 aromatic rings. The van der Waals surface area contributed by atoms with Gasteiger partial charge in [-0.2, -0.15) is 4.31 Å². The fourth-order valence-electron chi connectivity index (χ4n) is 3.83. The summed E-state index contributed by atoms with van der Waals surface area (Å²) in [5, 5.41) is 2.79. The molecule has 1 aliphatic heterocycles. The van der Waals surface area contributed by atoms with Crippen LogP contribution in [0.15, 0.2) is 94.7 Å². The van der Waals surface area contributed by atoms with Crippen LogP contribution in [0.3, 0.4) is 0 Å². The summed E-state index contributed by atoms with van der Waals surface area (Å²) >= 11 is 0. The van der Waals surface area contributed by atoms with Crippen molar-refractivity contribution >= 4 is 37.3 Å². The van der Waals surface area contributed by atoms with Crippen molar-refractivity contribution in [3.05, 3.63) is 84.9 Å². The van der Waals surface area contributed by atoms with Gasteiger partial charge in [-0.05, 0) is 55.3 Å². The lowest BCUT2D eigenvalue weighted by atomic mass is 9.98. The Morgan fingerprint density at radius 1 is 0.794 bits per heavy atom. The van der Waals surface area contributed by atoms with Crippen LogP contribution >= 0.6 is 0 Å². The molecule has 4 rings (SSSR count). The molecule has 0 aromatic heterocycles. The highest BCUT2D eigenvalue weighted by atomic mass is 32.2. The van der Waals surface area contributed by atoms with E-state index in [0.717, 1.165) is 0 Å². The van der Waals surface area contributed by atoms with E-state index >= 15 is 0 Å². The maximum atomic E-state index is 12.9. The predicted molar refractivity (Wildman–Crippen MR) is 130 cm³/mol. The topological polar surface area (TPSA) is 113 Å². The molecule has 1 saturated heterocycles. The molecule has 0 aliphatic carbocycles. The molecule has 0 radical (unpaired) electrons. The number of nitrogens with one attached hydrogen (secondary N) is 2. The van der Waals surface area contributed by atoms with E-state index < -0.39 is 26.0 Å². The van der Waals surface area contributed by atoms with Crippen molar-refractivity contribution in [3.63, 3.8) is 0 Å². The Labute approximate surface area is 199 Å². The third-order valence-corrected chi connectivity index (χ3v) is 8.85. The van der Waals surface area contributed by atoms with Crippen molar-refractivity contribution in [3.8, 4) is 0 Å². The molecule has 1 fully saturated rings. The molecule has 1 unspecified atom stereocenters. The summed E-state index contributed by atoms with van der Waals surface area (Å²) in [6.45, 7) is 0.446. The third kappa shape index (κ3) is 5.46. The molecule has 1 heterocycles. The highest BCUT2D eigenvalue weighted by Gasteiger charge is 2.33. The second-order valence-corrected chi connectivity index (χ2v) is 11.6. The summed E-state index contributed by atoms with van der Waals surface area (Å²) < 4.78 is 54.9. The van der Waals surface area contributed by atoms with E-state index in [0.29, 0.717) is 30.8 Å². The number of anilines is 2. The minimum atomic E-state index is -3.77. The lowest BCUT2D eigenvalue weighted by Crippen LogP contribution is -2.43. The van der Waals surface area contributed by atoms with Crippen molar-refractivity contribution < 1.29 is 21.6 Å². The van der Waals surface area contributed by atoms with E-state index in [2.05, 4.69) is 10.0 Å². The van der Waals surface area contributed by atoms with Crippen molar-refractivity contribution in [2.24, 2.45) is 5.92 Å². The smallest absolute Gasteiger partial charge is 0.261 e. The van der Waals surface area contributed by atoms with Gasteiger partial charge in [-0.25, -0.2) is 16.8 Å². The van der Waals surface area contributed by atoms with Gasteiger partial charge < -0.3 is 5.32 Å². The zero-order valence-electron chi connectivity index (χ0n) is 18.3. The number of amides is 1. The fraction of sp³-hybridized carbons (Fsp3) is 0.208. The third-order valence-electron chi connectivity index (χ3n) is 5.57. The molecule has 0 spiro atoms. The quantitative estimate of drug-likeness (QED) is 0.516. The summed E-state index contributed by atoms with van der Waals surface area (Å²) in [6, 6.07) is 22.6. The molecule has 178 valence electrons. The second kappa shape index (κ2) is 9.96. The Bertz CT molecular complexity index is 1360. The first-order valence-electron chi connectivity index (χ1n) is 10.8. The molecule has 1 amide bonds. The standard InChI is InChI=1S/C24H25N3O5S2/c28-24(19-9-8-16-27(18-19)34(31,32)23-14-5-2-6-15-23)25-20-10-7-11-21(17-20)26-33(29,30)22-12-3-1-4-13-22/h1-7,10-15,17,19,26H,8-9,16,18H2,(H,25,28). The zero-order valence-corrected chi connectivity index (χ0v) is 19.9. The highest BCUT2D eigenvalue weighted by molar-refractivity contribution is 7.92. The summed E-state index contributed by atoms with van der Waals surface area (Å²) in [5.41, 5.74) is 0.722. The maximum Gasteiger partial charge on any atom is 0.261 e. The van der Waals surface area contributed by atoms with E-state index in [1.165, 1.54) is 22.5 Å². The monoisotopic (exact) mass is 499 g/mol. The first-order chi connectivity index (χ1) is 16.3. The number of rotatable bonds is 7. The first-order valence-corrected chi connectivity index (χ1v) is 13.7.